The lowest BCUT2D eigenvalue weighted by Crippen LogP contribution is -2.29. The summed E-state index contributed by atoms with van der Waals surface area (Å²) in [6.45, 7) is 0.310. The van der Waals surface area contributed by atoms with E-state index in [-0.39, 0.29) is 5.56 Å². The average molecular weight is 255 g/mol. The summed E-state index contributed by atoms with van der Waals surface area (Å²) in [5, 5.41) is 0. The van der Waals surface area contributed by atoms with Gasteiger partial charge in [-0.1, -0.05) is 30.3 Å². The van der Waals surface area contributed by atoms with Crippen molar-refractivity contribution in [2.24, 2.45) is 0 Å². The number of benzene rings is 2. The predicted octanol–water partition coefficient (Wildman–Crippen LogP) is 2.56. The molecular formula is C15H10FNO2. The van der Waals surface area contributed by atoms with Crippen molar-refractivity contribution in [3.05, 3.63) is 65.5 Å². The van der Waals surface area contributed by atoms with Crippen molar-refractivity contribution in [2.75, 3.05) is 4.90 Å². The number of carbonyl (C=O) groups excluding carboxylic acids is 2. The average Bonchev–Trinajstić information content (AvgIpc) is 2.65. The van der Waals surface area contributed by atoms with Gasteiger partial charge in [-0.05, 0) is 23.8 Å². The number of amides is 1. The Balaban J connectivity index is 2.00. The Kier molecular flexibility index (Phi) is 2.63. The number of hydrogen-bond donors (Lipinski definition) is 0. The van der Waals surface area contributed by atoms with Crippen LogP contribution >= 0.6 is 0 Å². The van der Waals surface area contributed by atoms with Gasteiger partial charge in [-0.2, -0.15) is 0 Å². The lowest BCUT2D eigenvalue weighted by Gasteiger charge is -2.16. The third kappa shape index (κ3) is 1.91. The van der Waals surface area contributed by atoms with Crippen LogP contribution in [0.15, 0.2) is 48.5 Å². The van der Waals surface area contributed by atoms with Gasteiger partial charge in [-0.15, -0.1) is 0 Å². The third-order valence-corrected chi connectivity index (χ3v) is 3.12. The number of fused-ring (bicyclic) bond motifs is 1. The van der Waals surface area contributed by atoms with E-state index in [1.807, 2.05) is 30.3 Å². The fraction of sp³-hybridized carbons (Fsp3) is 0.0667. The van der Waals surface area contributed by atoms with Crippen LogP contribution in [0.4, 0.5) is 10.1 Å². The van der Waals surface area contributed by atoms with Crippen LogP contribution in [0.2, 0.25) is 0 Å². The lowest BCUT2D eigenvalue weighted by atomic mass is 10.1. The van der Waals surface area contributed by atoms with Crippen molar-refractivity contribution in [3.8, 4) is 0 Å². The van der Waals surface area contributed by atoms with Gasteiger partial charge in [0.15, 0.2) is 0 Å². The Morgan fingerprint density at radius 1 is 1.00 bits per heavy atom. The molecule has 0 aromatic heterocycles. The number of anilines is 1. The molecule has 0 bridgehead atoms. The second-order valence-electron chi connectivity index (χ2n) is 4.37. The highest BCUT2D eigenvalue weighted by Crippen LogP contribution is 2.30. The first-order chi connectivity index (χ1) is 9.16. The maximum atomic E-state index is 13.1. The number of halogens is 1. The molecule has 0 N–H and O–H groups in total. The van der Waals surface area contributed by atoms with E-state index in [2.05, 4.69) is 0 Å². The summed E-state index contributed by atoms with van der Waals surface area (Å²) < 4.78 is 13.1. The maximum Gasteiger partial charge on any atom is 0.299 e. The molecule has 1 amide bonds. The van der Waals surface area contributed by atoms with E-state index in [0.29, 0.717) is 12.2 Å². The van der Waals surface area contributed by atoms with Gasteiger partial charge in [0.05, 0.1) is 17.8 Å². The molecule has 3 rings (SSSR count). The Labute approximate surface area is 109 Å². The Morgan fingerprint density at radius 3 is 2.47 bits per heavy atom. The van der Waals surface area contributed by atoms with Crippen molar-refractivity contribution >= 4 is 17.4 Å². The van der Waals surface area contributed by atoms with Gasteiger partial charge in [0.25, 0.3) is 11.7 Å². The number of carbonyl (C=O) groups is 2. The molecule has 2 aromatic rings. The predicted molar refractivity (Wildman–Crippen MR) is 68.4 cm³/mol. The molecule has 0 unspecified atom stereocenters. The van der Waals surface area contributed by atoms with Crippen molar-refractivity contribution < 1.29 is 14.0 Å². The lowest BCUT2D eigenvalue weighted by molar-refractivity contribution is -0.114. The fourth-order valence-corrected chi connectivity index (χ4v) is 2.20. The normalized spacial score (nSPS) is 13.8. The molecule has 94 valence electrons. The molecule has 0 fully saturated rings. The van der Waals surface area contributed by atoms with Crippen LogP contribution in [0, 0.1) is 5.82 Å². The van der Waals surface area contributed by atoms with Gasteiger partial charge in [-0.25, -0.2) is 4.39 Å². The minimum atomic E-state index is -0.648. The first kappa shape index (κ1) is 11.6. The molecule has 4 heteroatoms. The molecule has 1 aliphatic heterocycles. The van der Waals surface area contributed by atoms with Crippen molar-refractivity contribution in [3.63, 3.8) is 0 Å². The summed E-state index contributed by atoms with van der Waals surface area (Å²) in [6.07, 6.45) is 0. The fourth-order valence-electron chi connectivity index (χ4n) is 2.20. The van der Waals surface area contributed by atoms with Gasteiger partial charge in [0.1, 0.15) is 5.82 Å². The Hall–Kier alpha value is -2.49. The summed E-state index contributed by atoms with van der Waals surface area (Å²) >= 11 is 0. The third-order valence-electron chi connectivity index (χ3n) is 3.12. The molecule has 0 saturated carbocycles. The highest BCUT2D eigenvalue weighted by molar-refractivity contribution is 6.52. The molecule has 0 aliphatic carbocycles. The van der Waals surface area contributed by atoms with Crippen molar-refractivity contribution in [1.29, 1.82) is 0 Å². The van der Waals surface area contributed by atoms with Crippen molar-refractivity contribution in [1.82, 2.24) is 0 Å². The van der Waals surface area contributed by atoms with Crippen molar-refractivity contribution in [2.45, 2.75) is 6.54 Å². The zero-order valence-corrected chi connectivity index (χ0v) is 9.97. The van der Waals surface area contributed by atoms with Gasteiger partial charge in [0.2, 0.25) is 0 Å². The minimum absolute atomic E-state index is 0.140. The first-order valence-corrected chi connectivity index (χ1v) is 5.86. The highest BCUT2D eigenvalue weighted by Gasteiger charge is 2.35. The molecule has 2 aromatic carbocycles. The molecule has 1 heterocycles. The van der Waals surface area contributed by atoms with Gasteiger partial charge in [-0.3, -0.25) is 9.59 Å². The Bertz CT molecular complexity index is 667. The molecule has 1 aliphatic rings. The topological polar surface area (TPSA) is 37.4 Å². The summed E-state index contributed by atoms with van der Waals surface area (Å²) in [5.41, 5.74) is 1.53. The Morgan fingerprint density at radius 2 is 1.74 bits per heavy atom. The molecule has 0 atom stereocenters. The molecule has 0 radical (unpaired) electrons. The number of rotatable bonds is 2. The quantitative estimate of drug-likeness (QED) is 0.773. The molecule has 0 saturated heterocycles. The van der Waals surface area contributed by atoms with Crippen LogP contribution in [0.3, 0.4) is 0 Å². The number of Topliss-reactive ketones (excluding diaryl/α,β-unsaturated/α-hetero) is 1. The van der Waals surface area contributed by atoms with Crippen LogP contribution in [-0.4, -0.2) is 11.7 Å². The van der Waals surface area contributed by atoms with Crippen LogP contribution in [-0.2, 0) is 11.3 Å². The number of hydrogen-bond acceptors (Lipinski definition) is 2. The van der Waals surface area contributed by atoms with Crippen LogP contribution in [0.25, 0.3) is 0 Å². The van der Waals surface area contributed by atoms with Crippen LogP contribution in [0.1, 0.15) is 15.9 Å². The summed E-state index contributed by atoms with van der Waals surface area (Å²) in [5.74, 6) is -1.77. The first-order valence-electron chi connectivity index (χ1n) is 5.86. The number of nitrogens with zero attached hydrogens (tertiary/aromatic N) is 1. The van der Waals surface area contributed by atoms with E-state index in [0.717, 1.165) is 11.6 Å². The minimum Gasteiger partial charge on any atom is -0.300 e. The van der Waals surface area contributed by atoms with Crippen LogP contribution < -0.4 is 4.90 Å². The van der Waals surface area contributed by atoms with E-state index in [4.69, 9.17) is 0 Å². The van der Waals surface area contributed by atoms with Gasteiger partial charge in [0, 0.05) is 0 Å². The smallest absolute Gasteiger partial charge is 0.299 e. The van der Waals surface area contributed by atoms with Gasteiger partial charge < -0.3 is 4.90 Å². The van der Waals surface area contributed by atoms with E-state index >= 15 is 0 Å². The highest BCUT2D eigenvalue weighted by atomic mass is 19.1. The summed E-state index contributed by atoms with van der Waals surface area (Å²) in [6, 6.07) is 13.2. The maximum absolute atomic E-state index is 13.1. The second-order valence-corrected chi connectivity index (χ2v) is 4.37. The molecule has 19 heavy (non-hydrogen) atoms. The van der Waals surface area contributed by atoms with Crippen LogP contribution in [0.5, 0.6) is 0 Å². The zero-order chi connectivity index (χ0) is 13.4. The van der Waals surface area contributed by atoms with E-state index < -0.39 is 17.5 Å². The summed E-state index contributed by atoms with van der Waals surface area (Å²) in [4.78, 5) is 25.1. The zero-order valence-electron chi connectivity index (χ0n) is 9.97. The standard InChI is InChI=1S/C15H10FNO2/c16-11-6-7-13-12(8-11)14(18)15(19)17(13)9-10-4-2-1-3-5-10/h1-8H,9H2. The SMILES string of the molecule is O=C1C(=O)N(Cc2ccccc2)c2ccc(F)cc21. The van der Waals surface area contributed by atoms with E-state index in [1.54, 1.807) is 0 Å². The number of ketones is 1. The monoisotopic (exact) mass is 255 g/mol. The van der Waals surface area contributed by atoms with Gasteiger partial charge >= 0.3 is 0 Å². The largest absolute Gasteiger partial charge is 0.300 e. The van der Waals surface area contributed by atoms with E-state index in [1.165, 1.54) is 17.0 Å². The molecule has 0 spiro atoms. The second kappa shape index (κ2) is 4.31. The summed E-state index contributed by atoms with van der Waals surface area (Å²) in [7, 11) is 0. The molecular weight excluding hydrogens is 245 g/mol. The molecule has 3 nitrogen and oxygen atoms in total. The van der Waals surface area contributed by atoms with E-state index in [9.17, 15) is 14.0 Å².